The van der Waals surface area contributed by atoms with Gasteiger partial charge in [-0.3, -0.25) is 14.4 Å². The molecule has 6 nitrogen and oxygen atoms in total. The van der Waals surface area contributed by atoms with Crippen molar-refractivity contribution in [3.63, 3.8) is 0 Å². The van der Waals surface area contributed by atoms with Crippen molar-refractivity contribution in [2.45, 2.75) is 13.3 Å². The number of hydrogen-bond acceptors (Lipinski definition) is 4. The lowest BCUT2D eigenvalue weighted by atomic mass is 10.1. The third-order valence-corrected chi connectivity index (χ3v) is 4.50. The van der Waals surface area contributed by atoms with Gasteiger partial charge >= 0.3 is 5.97 Å². The summed E-state index contributed by atoms with van der Waals surface area (Å²) in [7, 11) is 0. The summed E-state index contributed by atoms with van der Waals surface area (Å²) in [6.07, 6.45) is 0.0565. The Kier molecular flexibility index (Phi) is 5.76. The van der Waals surface area contributed by atoms with Crippen molar-refractivity contribution in [2.24, 2.45) is 5.92 Å². The van der Waals surface area contributed by atoms with Gasteiger partial charge in [-0.25, -0.2) is 0 Å². The average molecular weight is 387 g/mol. The largest absolute Gasteiger partial charge is 0.455 e. The van der Waals surface area contributed by atoms with Gasteiger partial charge < -0.3 is 15.0 Å². The molecule has 0 saturated carbocycles. The molecule has 0 aromatic heterocycles. The Morgan fingerprint density at radius 1 is 1.22 bits per heavy atom. The number of benzene rings is 2. The van der Waals surface area contributed by atoms with E-state index in [1.54, 1.807) is 30.3 Å². The van der Waals surface area contributed by atoms with Crippen molar-refractivity contribution in [3.8, 4) is 0 Å². The third kappa shape index (κ3) is 4.86. The smallest absolute Gasteiger partial charge is 0.311 e. The van der Waals surface area contributed by atoms with E-state index in [0.717, 1.165) is 5.56 Å². The maximum absolute atomic E-state index is 12.2. The first-order chi connectivity index (χ1) is 12.9. The van der Waals surface area contributed by atoms with E-state index in [9.17, 15) is 14.4 Å². The Balaban J connectivity index is 1.52. The second-order valence-corrected chi connectivity index (χ2v) is 6.84. The number of nitrogens with one attached hydrogen (secondary N) is 1. The van der Waals surface area contributed by atoms with Crippen molar-refractivity contribution < 1.29 is 19.1 Å². The molecule has 1 heterocycles. The van der Waals surface area contributed by atoms with E-state index in [1.165, 1.54) is 4.90 Å². The molecule has 7 heteroatoms. The molecular weight excluding hydrogens is 368 g/mol. The summed E-state index contributed by atoms with van der Waals surface area (Å²) in [6.45, 7) is 1.75. The van der Waals surface area contributed by atoms with E-state index in [2.05, 4.69) is 5.32 Å². The van der Waals surface area contributed by atoms with Crippen LogP contribution in [0.2, 0.25) is 5.02 Å². The highest BCUT2D eigenvalue weighted by atomic mass is 35.5. The van der Waals surface area contributed by atoms with Crippen LogP contribution in [0.3, 0.4) is 0 Å². The predicted octanol–water partition coefficient (Wildman–Crippen LogP) is 3.18. The summed E-state index contributed by atoms with van der Waals surface area (Å²) in [5.41, 5.74) is 2.33. The predicted molar refractivity (Wildman–Crippen MR) is 103 cm³/mol. The van der Waals surface area contributed by atoms with Crippen LogP contribution in [0, 0.1) is 12.8 Å². The number of halogens is 1. The summed E-state index contributed by atoms with van der Waals surface area (Å²) in [5, 5.41) is 3.24. The van der Waals surface area contributed by atoms with Gasteiger partial charge in [0, 0.05) is 29.4 Å². The van der Waals surface area contributed by atoms with Crippen LogP contribution >= 0.6 is 11.6 Å². The molecule has 1 saturated heterocycles. The minimum Gasteiger partial charge on any atom is -0.455 e. The number of amides is 2. The minimum absolute atomic E-state index is 0.0565. The quantitative estimate of drug-likeness (QED) is 0.801. The van der Waals surface area contributed by atoms with Gasteiger partial charge in [0.15, 0.2) is 6.61 Å². The molecule has 1 N–H and O–H groups in total. The lowest BCUT2D eigenvalue weighted by Crippen LogP contribution is -2.28. The van der Waals surface area contributed by atoms with Crippen LogP contribution < -0.4 is 10.2 Å². The molecule has 27 heavy (non-hydrogen) atoms. The Bertz CT molecular complexity index is 867. The van der Waals surface area contributed by atoms with E-state index in [1.807, 2.05) is 25.1 Å². The molecule has 0 aliphatic carbocycles. The van der Waals surface area contributed by atoms with Crippen molar-refractivity contribution in [1.82, 2.24) is 0 Å². The lowest BCUT2D eigenvalue weighted by Gasteiger charge is -2.16. The Morgan fingerprint density at radius 2 is 1.96 bits per heavy atom. The maximum Gasteiger partial charge on any atom is 0.311 e. The number of hydrogen-bond donors (Lipinski definition) is 1. The number of ether oxygens (including phenoxy) is 1. The monoisotopic (exact) mass is 386 g/mol. The topological polar surface area (TPSA) is 75.7 Å². The number of rotatable bonds is 5. The molecule has 3 rings (SSSR count). The number of nitrogens with zero attached hydrogens (tertiary/aromatic N) is 1. The highest BCUT2D eigenvalue weighted by Gasteiger charge is 2.36. The van der Waals surface area contributed by atoms with Gasteiger partial charge in [-0.1, -0.05) is 23.7 Å². The third-order valence-electron chi connectivity index (χ3n) is 4.24. The molecule has 1 fully saturated rings. The second kappa shape index (κ2) is 8.22. The molecule has 0 unspecified atom stereocenters. The average Bonchev–Trinajstić information content (AvgIpc) is 3.02. The maximum atomic E-state index is 12.2. The molecule has 0 radical (unpaired) electrons. The van der Waals surface area contributed by atoms with Gasteiger partial charge in [-0.2, -0.15) is 0 Å². The summed E-state index contributed by atoms with van der Waals surface area (Å²) < 4.78 is 5.09. The number of esters is 1. The first-order valence-corrected chi connectivity index (χ1v) is 8.89. The van der Waals surface area contributed by atoms with E-state index < -0.39 is 24.4 Å². The fourth-order valence-electron chi connectivity index (χ4n) is 2.91. The zero-order chi connectivity index (χ0) is 19.4. The highest BCUT2D eigenvalue weighted by Crippen LogP contribution is 2.27. The summed E-state index contributed by atoms with van der Waals surface area (Å²) in [4.78, 5) is 37.9. The number of carbonyl (C=O) groups excluding carboxylic acids is 3. The summed E-state index contributed by atoms with van der Waals surface area (Å²) in [6, 6.07) is 14.1. The van der Waals surface area contributed by atoms with Gasteiger partial charge in [-0.15, -0.1) is 0 Å². The van der Waals surface area contributed by atoms with Crippen LogP contribution in [0.15, 0.2) is 48.5 Å². The number of carbonyl (C=O) groups is 3. The van der Waals surface area contributed by atoms with Crippen LogP contribution in [-0.2, 0) is 19.1 Å². The first-order valence-electron chi connectivity index (χ1n) is 8.51. The van der Waals surface area contributed by atoms with Crippen molar-refractivity contribution in [1.29, 1.82) is 0 Å². The summed E-state index contributed by atoms with van der Waals surface area (Å²) >= 11 is 5.86. The highest BCUT2D eigenvalue weighted by molar-refractivity contribution is 6.30. The van der Waals surface area contributed by atoms with Crippen LogP contribution in [0.1, 0.15) is 12.0 Å². The van der Waals surface area contributed by atoms with Crippen molar-refractivity contribution in [3.05, 3.63) is 59.1 Å². The zero-order valence-electron chi connectivity index (χ0n) is 14.8. The van der Waals surface area contributed by atoms with Crippen LogP contribution in [-0.4, -0.2) is 30.9 Å². The SMILES string of the molecule is Cc1cccc(NC(=O)COC(=O)[C@@H]2CC(=O)N(c3ccc(Cl)cc3)C2)c1. The van der Waals surface area contributed by atoms with Crippen molar-refractivity contribution in [2.75, 3.05) is 23.4 Å². The normalized spacial score (nSPS) is 16.3. The lowest BCUT2D eigenvalue weighted by molar-refractivity contribution is -0.151. The van der Waals surface area contributed by atoms with Crippen LogP contribution in [0.25, 0.3) is 0 Å². The van der Waals surface area contributed by atoms with E-state index in [4.69, 9.17) is 16.3 Å². The Labute approximate surface area is 162 Å². The van der Waals surface area contributed by atoms with Crippen molar-refractivity contribution >= 4 is 40.8 Å². The second-order valence-electron chi connectivity index (χ2n) is 6.41. The molecule has 140 valence electrons. The first kappa shape index (κ1) is 18.9. The van der Waals surface area contributed by atoms with Crippen LogP contribution in [0.4, 0.5) is 11.4 Å². The van der Waals surface area contributed by atoms with Gasteiger partial charge in [-0.05, 0) is 48.9 Å². The van der Waals surface area contributed by atoms with E-state index in [0.29, 0.717) is 16.4 Å². The fourth-order valence-corrected chi connectivity index (χ4v) is 3.04. The molecule has 0 bridgehead atoms. The van der Waals surface area contributed by atoms with E-state index >= 15 is 0 Å². The Morgan fingerprint density at radius 3 is 2.67 bits per heavy atom. The Hall–Kier alpha value is -2.86. The molecule has 1 aliphatic rings. The molecule has 2 aromatic rings. The molecular formula is C20H19ClN2O4. The number of anilines is 2. The summed E-state index contributed by atoms with van der Waals surface area (Å²) in [5.74, 6) is -1.74. The minimum atomic E-state index is -0.597. The molecule has 1 atom stereocenters. The van der Waals surface area contributed by atoms with Gasteiger partial charge in [0.2, 0.25) is 5.91 Å². The number of aryl methyl sites for hydroxylation is 1. The van der Waals surface area contributed by atoms with Crippen LogP contribution in [0.5, 0.6) is 0 Å². The standard InChI is InChI=1S/C20H19ClN2O4/c1-13-3-2-4-16(9-13)22-18(24)12-27-20(26)14-10-19(25)23(11-14)17-7-5-15(21)6-8-17/h2-9,14H,10-12H2,1H3,(H,22,24)/t14-/m1/s1. The molecule has 2 amide bonds. The molecule has 0 spiro atoms. The van der Waals surface area contributed by atoms with Gasteiger partial charge in [0.25, 0.3) is 5.91 Å². The van der Waals surface area contributed by atoms with E-state index in [-0.39, 0.29) is 18.9 Å². The van der Waals surface area contributed by atoms with Gasteiger partial charge in [0.05, 0.1) is 5.92 Å². The van der Waals surface area contributed by atoms with Gasteiger partial charge in [0.1, 0.15) is 0 Å². The molecule has 2 aromatic carbocycles. The fraction of sp³-hybridized carbons (Fsp3) is 0.250. The zero-order valence-corrected chi connectivity index (χ0v) is 15.5. The molecule has 1 aliphatic heterocycles.